The largest absolute Gasteiger partial charge is 0.387 e. The Morgan fingerprint density at radius 3 is 2.55 bits per heavy atom. The van der Waals surface area contributed by atoms with Crippen LogP contribution in [-0.2, 0) is 4.79 Å². The third-order valence-corrected chi connectivity index (χ3v) is 4.63. The molecule has 0 spiro atoms. The van der Waals surface area contributed by atoms with Crippen molar-refractivity contribution >= 4 is 5.91 Å². The molecule has 1 N–H and O–H groups in total. The number of aliphatic hydroxyl groups is 1. The van der Waals surface area contributed by atoms with Gasteiger partial charge in [0.1, 0.15) is 0 Å². The number of amides is 1. The summed E-state index contributed by atoms with van der Waals surface area (Å²) in [6.07, 6.45) is 2.72. The maximum Gasteiger partial charge on any atom is 0.229 e. The van der Waals surface area contributed by atoms with Crippen molar-refractivity contribution in [2.75, 3.05) is 53.9 Å². The van der Waals surface area contributed by atoms with Gasteiger partial charge in [-0.25, -0.2) is 0 Å². The second-order valence-electron chi connectivity index (χ2n) is 7.34. The number of likely N-dealkylation sites (N-methyl/N-ethyl adjacent to an activating group) is 1. The molecule has 0 unspecified atom stereocenters. The molecule has 0 radical (unpaired) electrons. The molecule has 2 heterocycles. The summed E-state index contributed by atoms with van der Waals surface area (Å²) < 4.78 is 0. The average molecular weight is 283 g/mol. The molecule has 2 saturated heterocycles. The van der Waals surface area contributed by atoms with Crippen LogP contribution in [0, 0.1) is 5.41 Å². The van der Waals surface area contributed by atoms with Crippen LogP contribution in [-0.4, -0.2) is 85.2 Å². The van der Waals surface area contributed by atoms with E-state index in [4.69, 9.17) is 0 Å². The molecule has 116 valence electrons. The van der Waals surface area contributed by atoms with E-state index in [9.17, 15) is 9.90 Å². The van der Waals surface area contributed by atoms with Crippen LogP contribution < -0.4 is 0 Å². The molecular weight excluding hydrogens is 254 g/mol. The number of rotatable bonds is 3. The third kappa shape index (κ3) is 3.32. The highest BCUT2D eigenvalue weighted by Gasteiger charge is 2.45. The molecule has 0 aromatic rings. The minimum Gasteiger partial charge on any atom is -0.387 e. The van der Waals surface area contributed by atoms with Gasteiger partial charge in [0.25, 0.3) is 0 Å². The molecule has 2 aliphatic heterocycles. The number of β-amino-alcohol motifs (C(OH)–C–C–N with tert-alkyl or cyclic N) is 1. The lowest BCUT2D eigenvalue weighted by molar-refractivity contribution is -0.144. The second kappa shape index (κ2) is 5.62. The van der Waals surface area contributed by atoms with E-state index in [0.29, 0.717) is 26.1 Å². The van der Waals surface area contributed by atoms with E-state index in [1.807, 2.05) is 23.9 Å². The van der Waals surface area contributed by atoms with Crippen molar-refractivity contribution in [3.05, 3.63) is 0 Å². The summed E-state index contributed by atoms with van der Waals surface area (Å²) in [5.74, 6) is 0.221. The van der Waals surface area contributed by atoms with Gasteiger partial charge in [-0.15, -0.1) is 0 Å². The Balaban J connectivity index is 2.00. The van der Waals surface area contributed by atoms with E-state index >= 15 is 0 Å². The van der Waals surface area contributed by atoms with Crippen LogP contribution in [0.4, 0.5) is 0 Å². The zero-order valence-electron chi connectivity index (χ0n) is 13.4. The van der Waals surface area contributed by atoms with Gasteiger partial charge in [-0.3, -0.25) is 4.79 Å². The molecule has 0 aromatic carbocycles. The Morgan fingerprint density at radius 2 is 1.95 bits per heavy atom. The fraction of sp³-hybridized carbons (Fsp3) is 0.933. The van der Waals surface area contributed by atoms with Crippen LogP contribution in [0.1, 0.15) is 26.2 Å². The van der Waals surface area contributed by atoms with E-state index in [1.165, 1.54) is 0 Å². The molecule has 2 aliphatic rings. The number of carbonyl (C=O) groups excluding carboxylic acids is 1. The van der Waals surface area contributed by atoms with E-state index in [2.05, 4.69) is 18.9 Å². The molecule has 2 rings (SSSR count). The van der Waals surface area contributed by atoms with Crippen molar-refractivity contribution in [3.63, 3.8) is 0 Å². The maximum atomic E-state index is 12.8. The standard InChI is InChI=1S/C15H29N3O2/c1-14(6-5-8-17(4)10-14)13(19)18-9-7-15(20,12-18)11-16(2)3/h20H,5-12H2,1-4H3/t14-,15-/m0/s1. The number of nitrogens with zero attached hydrogens (tertiary/aromatic N) is 3. The van der Waals surface area contributed by atoms with Crippen molar-refractivity contribution in [1.82, 2.24) is 14.7 Å². The monoisotopic (exact) mass is 283 g/mol. The van der Waals surface area contributed by atoms with E-state index in [0.717, 1.165) is 25.9 Å². The van der Waals surface area contributed by atoms with Crippen molar-refractivity contribution in [3.8, 4) is 0 Å². The Hall–Kier alpha value is -0.650. The van der Waals surface area contributed by atoms with Crippen LogP contribution in [0.5, 0.6) is 0 Å². The Bertz CT molecular complexity index is 374. The second-order valence-corrected chi connectivity index (χ2v) is 7.34. The van der Waals surface area contributed by atoms with Crippen LogP contribution in [0.25, 0.3) is 0 Å². The normalized spacial score (nSPS) is 35.8. The van der Waals surface area contributed by atoms with Crippen molar-refractivity contribution in [1.29, 1.82) is 0 Å². The van der Waals surface area contributed by atoms with Crippen LogP contribution in [0.3, 0.4) is 0 Å². The quantitative estimate of drug-likeness (QED) is 0.806. The molecule has 2 fully saturated rings. The zero-order chi connectivity index (χ0) is 15.0. The van der Waals surface area contributed by atoms with Crippen molar-refractivity contribution < 1.29 is 9.90 Å². The lowest BCUT2D eigenvalue weighted by atomic mass is 9.80. The first-order valence-electron chi connectivity index (χ1n) is 7.59. The predicted molar refractivity (Wildman–Crippen MR) is 79.5 cm³/mol. The Labute approximate surface area is 122 Å². The first-order chi connectivity index (χ1) is 9.24. The molecule has 0 bridgehead atoms. The average Bonchev–Trinajstić information content (AvgIpc) is 2.69. The van der Waals surface area contributed by atoms with E-state index in [-0.39, 0.29) is 11.3 Å². The molecule has 0 aliphatic carbocycles. The molecule has 20 heavy (non-hydrogen) atoms. The van der Waals surface area contributed by atoms with Gasteiger partial charge in [-0.2, -0.15) is 0 Å². The number of hydrogen-bond acceptors (Lipinski definition) is 4. The molecule has 2 atom stereocenters. The number of likely N-dealkylation sites (tertiary alicyclic amines) is 2. The highest BCUT2D eigenvalue weighted by atomic mass is 16.3. The van der Waals surface area contributed by atoms with Crippen LogP contribution in [0.15, 0.2) is 0 Å². The minimum atomic E-state index is -0.740. The van der Waals surface area contributed by atoms with Gasteiger partial charge >= 0.3 is 0 Å². The highest BCUT2D eigenvalue weighted by molar-refractivity contribution is 5.83. The smallest absolute Gasteiger partial charge is 0.229 e. The lowest BCUT2D eigenvalue weighted by Crippen LogP contribution is -2.51. The number of carbonyl (C=O) groups is 1. The maximum absolute atomic E-state index is 12.8. The van der Waals surface area contributed by atoms with Gasteiger partial charge in [0.05, 0.1) is 17.6 Å². The van der Waals surface area contributed by atoms with Crippen molar-refractivity contribution in [2.45, 2.75) is 31.8 Å². The van der Waals surface area contributed by atoms with Gasteiger partial charge in [0.2, 0.25) is 5.91 Å². The molecule has 0 saturated carbocycles. The summed E-state index contributed by atoms with van der Waals surface area (Å²) in [4.78, 5) is 18.9. The lowest BCUT2D eigenvalue weighted by Gasteiger charge is -2.40. The van der Waals surface area contributed by atoms with Gasteiger partial charge < -0.3 is 19.8 Å². The number of piperidine rings is 1. The summed E-state index contributed by atoms with van der Waals surface area (Å²) in [5.41, 5.74) is -1.02. The van der Waals surface area contributed by atoms with E-state index in [1.54, 1.807) is 0 Å². The molecule has 1 amide bonds. The molecule has 5 heteroatoms. The summed E-state index contributed by atoms with van der Waals surface area (Å²) in [5, 5.41) is 10.6. The topological polar surface area (TPSA) is 47.0 Å². The summed E-state index contributed by atoms with van der Waals surface area (Å²) >= 11 is 0. The first kappa shape index (κ1) is 15.7. The van der Waals surface area contributed by atoms with Crippen LogP contribution in [0.2, 0.25) is 0 Å². The van der Waals surface area contributed by atoms with E-state index < -0.39 is 5.60 Å². The summed E-state index contributed by atoms with van der Waals surface area (Å²) in [6, 6.07) is 0. The highest BCUT2D eigenvalue weighted by Crippen LogP contribution is 2.33. The summed E-state index contributed by atoms with van der Waals surface area (Å²) in [7, 11) is 6.00. The third-order valence-electron chi connectivity index (χ3n) is 4.63. The SMILES string of the molecule is CN(C)C[C@@]1(O)CCN(C(=O)[C@@]2(C)CCCN(C)C2)C1. The molecule has 5 nitrogen and oxygen atoms in total. The minimum absolute atomic E-state index is 0.221. The van der Waals surface area contributed by atoms with Gasteiger partial charge in [0.15, 0.2) is 0 Å². The van der Waals surface area contributed by atoms with Crippen LogP contribution >= 0.6 is 0 Å². The van der Waals surface area contributed by atoms with Gasteiger partial charge in [-0.1, -0.05) is 0 Å². The molecule has 0 aromatic heterocycles. The number of hydrogen-bond donors (Lipinski definition) is 1. The predicted octanol–water partition coefficient (Wildman–Crippen LogP) is 0.243. The Morgan fingerprint density at radius 1 is 1.25 bits per heavy atom. The fourth-order valence-electron chi connectivity index (χ4n) is 3.80. The first-order valence-corrected chi connectivity index (χ1v) is 7.59. The van der Waals surface area contributed by atoms with Gasteiger partial charge in [0, 0.05) is 19.6 Å². The fourth-order valence-corrected chi connectivity index (χ4v) is 3.80. The van der Waals surface area contributed by atoms with Crippen molar-refractivity contribution in [2.24, 2.45) is 5.41 Å². The van der Waals surface area contributed by atoms with Gasteiger partial charge in [-0.05, 0) is 53.9 Å². The summed E-state index contributed by atoms with van der Waals surface area (Å²) in [6.45, 7) is 5.76. The zero-order valence-corrected chi connectivity index (χ0v) is 13.4. The molecular formula is C15H29N3O2. The Kier molecular flexibility index (Phi) is 4.42.